The van der Waals surface area contributed by atoms with Gasteiger partial charge in [0.1, 0.15) is 0 Å². The van der Waals surface area contributed by atoms with Gasteiger partial charge in [-0.25, -0.2) is 0 Å². The van der Waals surface area contributed by atoms with Crippen molar-refractivity contribution in [3.8, 4) is 0 Å². The zero-order chi connectivity index (χ0) is 22.4. The zero-order valence-corrected chi connectivity index (χ0v) is 21.7. The van der Waals surface area contributed by atoms with Crippen LogP contribution in [0.3, 0.4) is 0 Å². The van der Waals surface area contributed by atoms with Crippen LogP contribution in [-0.4, -0.2) is 40.6 Å². The van der Waals surface area contributed by atoms with Crippen LogP contribution >= 0.6 is 0 Å². The molecule has 0 aliphatic carbocycles. The normalized spacial score (nSPS) is 13.1. The topological polar surface area (TPSA) is 36.9 Å². The first kappa shape index (κ1) is 25.0. The molecule has 0 aliphatic rings. The van der Waals surface area contributed by atoms with Crippen LogP contribution in [0.4, 0.5) is 0 Å². The van der Waals surface area contributed by atoms with Crippen LogP contribution in [0.2, 0.25) is 0 Å². The van der Waals surface area contributed by atoms with Crippen LogP contribution in [0.5, 0.6) is 0 Å². The molecule has 0 saturated heterocycles. The molecule has 0 saturated carbocycles. The van der Waals surface area contributed by atoms with Gasteiger partial charge in [0.25, 0.3) is 0 Å². The van der Waals surface area contributed by atoms with Crippen molar-refractivity contribution in [2.75, 3.05) is 0 Å². The molecule has 6 heteroatoms. The van der Waals surface area contributed by atoms with Gasteiger partial charge in [0.15, 0.2) is 0 Å². The minimum atomic E-state index is -3.39. The summed E-state index contributed by atoms with van der Waals surface area (Å²) in [4.78, 5) is 0. The van der Waals surface area contributed by atoms with Gasteiger partial charge in [0, 0.05) is 24.4 Å². The highest BCUT2D eigenvalue weighted by atomic mass is 29.3. The maximum absolute atomic E-state index is 7.00. The molecule has 0 aromatic heterocycles. The predicted molar refractivity (Wildman–Crippen MR) is 129 cm³/mol. The molecule has 0 unspecified atom stereocenters. The lowest BCUT2D eigenvalue weighted by Gasteiger charge is -2.47. The maximum atomic E-state index is 7.00. The molecular formula is C24H38O4Si2. The standard InChI is InChI=1S/C24H38O4Si2/c1-19(2)25-29(23-15-11-9-12-16-23,24-17-13-10-14-18-24)30(26-20(3)4,27-21(5)6)28-22(7)8/h9-22H,1-8H3. The Hall–Kier alpha value is -1.29. The van der Waals surface area contributed by atoms with Crippen molar-refractivity contribution in [2.45, 2.75) is 79.8 Å². The van der Waals surface area contributed by atoms with Crippen molar-refractivity contribution in [3.05, 3.63) is 60.7 Å². The number of hydrogen-bond acceptors (Lipinski definition) is 4. The van der Waals surface area contributed by atoms with Gasteiger partial charge < -0.3 is 17.7 Å². The monoisotopic (exact) mass is 446 g/mol. The average molecular weight is 447 g/mol. The summed E-state index contributed by atoms with van der Waals surface area (Å²) in [6.07, 6.45) is -0.219. The Labute approximate surface area is 184 Å². The van der Waals surface area contributed by atoms with E-state index in [0.29, 0.717) is 0 Å². The second kappa shape index (κ2) is 10.8. The van der Waals surface area contributed by atoms with E-state index in [9.17, 15) is 0 Å². The summed E-state index contributed by atoms with van der Waals surface area (Å²) in [5.74, 6) is 0. The summed E-state index contributed by atoms with van der Waals surface area (Å²) < 4.78 is 27.3. The van der Waals surface area contributed by atoms with Gasteiger partial charge in [-0.2, -0.15) is 0 Å². The van der Waals surface area contributed by atoms with Crippen LogP contribution in [0.15, 0.2) is 60.7 Å². The van der Waals surface area contributed by atoms with Crippen molar-refractivity contribution < 1.29 is 17.7 Å². The molecule has 0 amide bonds. The van der Waals surface area contributed by atoms with Gasteiger partial charge in [-0.05, 0) is 65.8 Å². The summed E-state index contributed by atoms with van der Waals surface area (Å²) >= 11 is 0. The Morgan fingerprint density at radius 1 is 0.467 bits per heavy atom. The Morgan fingerprint density at radius 2 is 0.767 bits per heavy atom. The minimum absolute atomic E-state index is 0.0220. The average Bonchev–Trinajstić information content (AvgIpc) is 2.65. The summed E-state index contributed by atoms with van der Waals surface area (Å²) in [5, 5.41) is 2.22. The Morgan fingerprint density at radius 3 is 1.03 bits per heavy atom. The van der Waals surface area contributed by atoms with Crippen LogP contribution in [0, 0.1) is 0 Å². The van der Waals surface area contributed by atoms with Crippen molar-refractivity contribution in [2.24, 2.45) is 0 Å². The van der Waals surface area contributed by atoms with E-state index in [1.54, 1.807) is 0 Å². The molecule has 0 aliphatic heterocycles. The number of benzene rings is 2. The van der Waals surface area contributed by atoms with Crippen molar-refractivity contribution in [1.29, 1.82) is 0 Å². The van der Waals surface area contributed by atoms with Crippen LogP contribution in [-0.2, 0) is 17.7 Å². The molecule has 2 rings (SSSR count). The fourth-order valence-electron chi connectivity index (χ4n) is 3.69. The van der Waals surface area contributed by atoms with E-state index < -0.39 is 16.2 Å². The molecule has 0 radical (unpaired) electrons. The fraction of sp³-hybridized carbons (Fsp3) is 0.500. The highest BCUT2D eigenvalue weighted by Crippen LogP contribution is 2.30. The number of hydrogen-bond donors (Lipinski definition) is 0. The summed E-state index contributed by atoms with van der Waals surface area (Å²) in [7, 11) is -6.50. The molecule has 0 fully saturated rings. The number of rotatable bonds is 11. The largest absolute Gasteiger partial charge is 0.515 e. The molecule has 30 heavy (non-hydrogen) atoms. The van der Waals surface area contributed by atoms with E-state index in [2.05, 4.69) is 62.4 Å². The van der Waals surface area contributed by atoms with Gasteiger partial charge in [-0.3, -0.25) is 0 Å². The quantitative estimate of drug-likeness (QED) is 0.478. The third-order valence-electron chi connectivity index (χ3n) is 4.38. The second-order valence-corrected chi connectivity index (χ2v) is 17.2. The lowest BCUT2D eigenvalue weighted by Crippen LogP contribution is -2.83. The van der Waals surface area contributed by atoms with Gasteiger partial charge in [0.05, 0.1) is 0 Å². The summed E-state index contributed by atoms with van der Waals surface area (Å²) in [6.45, 7) is 16.4. The lowest BCUT2D eigenvalue weighted by molar-refractivity contribution is 0.0138. The first-order valence-corrected chi connectivity index (χ1v) is 15.6. The molecule has 2 aromatic rings. The SMILES string of the molecule is CC(C)O[Si](OC(C)C)(OC(C)C)[Si](OC(C)C)(c1ccccc1)c1ccccc1. The second-order valence-electron chi connectivity index (χ2n) is 8.64. The fourth-order valence-corrected chi connectivity index (χ4v) is 17.6. The Kier molecular flexibility index (Phi) is 9.03. The van der Waals surface area contributed by atoms with E-state index in [1.807, 2.05) is 53.7 Å². The highest BCUT2D eigenvalue weighted by Gasteiger charge is 2.69. The Balaban J connectivity index is 2.96. The molecule has 0 heterocycles. The molecule has 0 N–H and O–H groups in total. The summed E-state index contributed by atoms with van der Waals surface area (Å²) in [6, 6.07) is 20.9. The first-order valence-electron chi connectivity index (χ1n) is 10.9. The highest BCUT2D eigenvalue weighted by molar-refractivity contribution is 7.43. The molecule has 4 nitrogen and oxygen atoms in total. The van der Waals surface area contributed by atoms with Gasteiger partial charge in [-0.15, -0.1) is 0 Å². The lowest BCUT2D eigenvalue weighted by atomic mass is 10.4. The van der Waals surface area contributed by atoms with Gasteiger partial charge >= 0.3 is 16.2 Å². The predicted octanol–water partition coefficient (Wildman–Crippen LogP) is 4.46. The first-order chi connectivity index (χ1) is 14.1. The van der Waals surface area contributed by atoms with Crippen LogP contribution < -0.4 is 10.4 Å². The van der Waals surface area contributed by atoms with Crippen molar-refractivity contribution in [3.63, 3.8) is 0 Å². The third kappa shape index (κ3) is 5.69. The van der Waals surface area contributed by atoms with Gasteiger partial charge in [-0.1, -0.05) is 60.7 Å². The van der Waals surface area contributed by atoms with Crippen molar-refractivity contribution in [1.82, 2.24) is 0 Å². The maximum Gasteiger partial charge on any atom is 0.515 e. The van der Waals surface area contributed by atoms with Gasteiger partial charge in [0.2, 0.25) is 0 Å². The Bertz CT molecular complexity index is 682. The molecule has 0 atom stereocenters. The molecule has 166 valence electrons. The van der Waals surface area contributed by atoms with E-state index in [1.165, 1.54) is 0 Å². The van der Waals surface area contributed by atoms with Crippen LogP contribution in [0.1, 0.15) is 55.4 Å². The van der Waals surface area contributed by atoms with E-state index >= 15 is 0 Å². The third-order valence-corrected chi connectivity index (χ3v) is 16.4. The molecular weight excluding hydrogens is 408 g/mol. The van der Waals surface area contributed by atoms with Crippen molar-refractivity contribution >= 4 is 26.5 Å². The molecule has 0 spiro atoms. The van der Waals surface area contributed by atoms with E-state index in [-0.39, 0.29) is 24.4 Å². The minimum Gasteiger partial charge on any atom is -0.402 e. The van der Waals surface area contributed by atoms with E-state index in [0.717, 1.165) is 10.4 Å². The molecule has 0 bridgehead atoms. The van der Waals surface area contributed by atoms with Crippen LogP contribution in [0.25, 0.3) is 0 Å². The zero-order valence-electron chi connectivity index (χ0n) is 19.7. The summed E-state index contributed by atoms with van der Waals surface area (Å²) in [5.41, 5.74) is 0. The smallest absolute Gasteiger partial charge is 0.402 e. The van der Waals surface area contributed by atoms with E-state index in [4.69, 9.17) is 17.7 Å². The molecule has 2 aromatic carbocycles.